The Morgan fingerprint density at radius 3 is 1.60 bits per heavy atom. The van der Waals surface area contributed by atoms with Crippen molar-refractivity contribution in [1.82, 2.24) is 15.0 Å². The van der Waals surface area contributed by atoms with E-state index in [0.717, 1.165) is 37.3 Å². The van der Waals surface area contributed by atoms with E-state index < -0.39 is 0 Å². The molecule has 8 rings (SSSR count). The molecule has 8 aromatic rings. The lowest BCUT2D eigenvalue weighted by molar-refractivity contribution is 1.08. The summed E-state index contributed by atoms with van der Waals surface area (Å²) >= 11 is 3.74. The minimum absolute atomic E-state index is 0.653. The van der Waals surface area contributed by atoms with Gasteiger partial charge >= 0.3 is 0 Å². The van der Waals surface area contributed by atoms with Crippen LogP contribution in [0.25, 0.3) is 77.6 Å². The van der Waals surface area contributed by atoms with Gasteiger partial charge in [-0.15, -0.1) is 0 Å². The first-order valence-corrected chi connectivity index (χ1v) is 15.0. The molecule has 0 aliphatic heterocycles. The Kier molecular flexibility index (Phi) is 6.27. The molecular formula is C39H24BrN3. The minimum Gasteiger partial charge on any atom is -0.208 e. The van der Waals surface area contributed by atoms with Crippen LogP contribution in [0.1, 0.15) is 0 Å². The van der Waals surface area contributed by atoms with Gasteiger partial charge in [0, 0.05) is 21.2 Å². The molecule has 1 heterocycles. The fraction of sp³-hybridized carbons (Fsp3) is 0. The number of hydrogen-bond acceptors (Lipinski definition) is 3. The lowest BCUT2D eigenvalue weighted by Gasteiger charge is -2.15. The van der Waals surface area contributed by atoms with Gasteiger partial charge in [-0.3, -0.25) is 0 Å². The molecule has 0 N–H and O–H groups in total. The molecule has 0 unspecified atom stereocenters. The maximum Gasteiger partial charge on any atom is 0.164 e. The molecule has 0 aliphatic rings. The molecule has 0 fully saturated rings. The number of fused-ring (bicyclic) bond motifs is 3. The second kappa shape index (κ2) is 10.6. The summed E-state index contributed by atoms with van der Waals surface area (Å²) in [5.41, 5.74) is 5.26. The zero-order valence-corrected chi connectivity index (χ0v) is 24.7. The van der Waals surface area contributed by atoms with Crippen molar-refractivity contribution in [1.29, 1.82) is 0 Å². The van der Waals surface area contributed by atoms with E-state index >= 15 is 0 Å². The van der Waals surface area contributed by atoms with Crippen LogP contribution in [-0.2, 0) is 0 Å². The number of halogens is 1. The Balaban J connectivity index is 1.36. The SMILES string of the molecule is Brc1ccc(-c2ccc(-c3nc(-c4ccccc4)nc(-c4ccc5ccccc5c4)n3)c3ccccc23)c2ccccc12. The van der Waals surface area contributed by atoms with Crippen molar-refractivity contribution in [2.45, 2.75) is 0 Å². The van der Waals surface area contributed by atoms with E-state index in [9.17, 15) is 0 Å². The molecule has 0 spiro atoms. The van der Waals surface area contributed by atoms with Gasteiger partial charge in [-0.1, -0.05) is 143 Å². The second-order valence-electron chi connectivity index (χ2n) is 10.6. The Morgan fingerprint density at radius 1 is 0.349 bits per heavy atom. The fourth-order valence-corrected chi connectivity index (χ4v) is 6.37. The molecule has 1 aromatic heterocycles. The van der Waals surface area contributed by atoms with Crippen LogP contribution < -0.4 is 0 Å². The highest BCUT2D eigenvalue weighted by atomic mass is 79.9. The van der Waals surface area contributed by atoms with E-state index in [0.29, 0.717) is 17.5 Å². The summed E-state index contributed by atoms with van der Waals surface area (Å²) in [5.74, 6) is 1.96. The van der Waals surface area contributed by atoms with Gasteiger partial charge in [-0.25, -0.2) is 15.0 Å². The van der Waals surface area contributed by atoms with Crippen LogP contribution >= 0.6 is 15.9 Å². The van der Waals surface area contributed by atoms with E-state index in [1.165, 1.54) is 27.3 Å². The van der Waals surface area contributed by atoms with Crippen molar-refractivity contribution in [2.24, 2.45) is 0 Å². The normalized spacial score (nSPS) is 11.4. The number of nitrogens with zero attached hydrogens (tertiary/aromatic N) is 3. The van der Waals surface area contributed by atoms with Crippen LogP contribution in [0.5, 0.6) is 0 Å². The number of aromatic nitrogens is 3. The first-order valence-electron chi connectivity index (χ1n) is 14.2. The van der Waals surface area contributed by atoms with Gasteiger partial charge in [0.25, 0.3) is 0 Å². The van der Waals surface area contributed by atoms with Crippen molar-refractivity contribution in [2.75, 3.05) is 0 Å². The molecule has 0 bridgehead atoms. The van der Waals surface area contributed by atoms with Gasteiger partial charge in [-0.2, -0.15) is 0 Å². The first-order chi connectivity index (χ1) is 21.2. The van der Waals surface area contributed by atoms with E-state index in [2.05, 4.69) is 131 Å². The Hall–Kier alpha value is -5.19. The van der Waals surface area contributed by atoms with Crippen molar-refractivity contribution in [3.8, 4) is 45.3 Å². The Morgan fingerprint density at radius 2 is 0.860 bits per heavy atom. The third-order valence-electron chi connectivity index (χ3n) is 8.00. The lowest BCUT2D eigenvalue weighted by atomic mass is 9.92. The predicted octanol–water partition coefficient (Wildman–Crippen LogP) is 10.8. The third kappa shape index (κ3) is 4.57. The molecule has 0 aliphatic carbocycles. The van der Waals surface area contributed by atoms with Crippen LogP contribution in [0, 0.1) is 0 Å². The van der Waals surface area contributed by atoms with Crippen LogP contribution in [0.4, 0.5) is 0 Å². The molecule has 0 saturated heterocycles. The van der Waals surface area contributed by atoms with E-state index in [-0.39, 0.29) is 0 Å². The summed E-state index contributed by atoms with van der Waals surface area (Å²) in [6, 6.07) is 50.6. The highest BCUT2D eigenvalue weighted by Crippen LogP contribution is 2.40. The second-order valence-corrected chi connectivity index (χ2v) is 11.4. The van der Waals surface area contributed by atoms with Crippen molar-refractivity contribution in [3.05, 3.63) is 150 Å². The van der Waals surface area contributed by atoms with Gasteiger partial charge in [0.2, 0.25) is 0 Å². The van der Waals surface area contributed by atoms with Crippen molar-refractivity contribution >= 4 is 48.2 Å². The molecule has 4 heteroatoms. The molecule has 3 nitrogen and oxygen atoms in total. The van der Waals surface area contributed by atoms with Crippen LogP contribution in [0.2, 0.25) is 0 Å². The highest BCUT2D eigenvalue weighted by molar-refractivity contribution is 9.10. The van der Waals surface area contributed by atoms with E-state index in [1.54, 1.807) is 0 Å². The minimum atomic E-state index is 0.653. The van der Waals surface area contributed by atoms with E-state index in [4.69, 9.17) is 15.0 Å². The van der Waals surface area contributed by atoms with Gasteiger partial charge in [0.05, 0.1) is 0 Å². The molecule has 0 amide bonds. The maximum atomic E-state index is 5.09. The zero-order valence-electron chi connectivity index (χ0n) is 23.1. The summed E-state index contributed by atoms with van der Waals surface area (Å²) in [6.45, 7) is 0. The molecule has 0 radical (unpaired) electrons. The number of hydrogen-bond donors (Lipinski definition) is 0. The summed E-state index contributed by atoms with van der Waals surface area (Å²) in [4.78, 5) is 15.1. The van der Waals surface area contributed by atoms with Crippen LogP contribution in [0.15, 0.2) is 150 Å². The Bertz CT molecular complexity index is 2310. The predicted molar refractivity (Wildman–Crippen MR) is 182 cm³/mol. The standard InChI is InChI=1S/C39H24BrN3/c40-36-23-22-33(30-15-8-9-17-34(30)36)32-20-21-35(31-16-7-6-14-29(31)32)39-42-37(26-11-2-1-3-12-26)41-38(43-39)28-19-18-25-10-4-5-13-27(25)24-28/h1-24H. The van der Waals surface area contributed by atoms with Crippen molar-refractivity contribution < 1.29 is 0 Å². The summed E-state index contributed by atoms with van der Waals surface area (Å²) in [7, 11) is 0. The van der Waals surface area contributed by atoms with Gasteiger partial charge < -0.3 is 0 Å². The zero-order chi connectivity index (χ0) is 28.8. The first kappa shape index (κ1) is 25.5. The molecular weight excluding hydrogens is 590 g/mol. The third-order valence-corrected chi connectivity index (χ3v) is 8.69. The number of benzene rings is 7. The maximum absolute atomic E-state index is 5.09. The molecule has 0 saturated carbocycles. The summed E-state index contributed by atoms with van der Waals surface area (Å²) < 4.78 is 1.09. The number of rotatable bonds is 4. The van der Waals surface area contributed by atoms with Crippen molar-refractivity contribution in [3.63, 3.8) is 0 Å². The quantitative estimate of drug-likeness (QED) is 0.198. The average Bonchev–Trinajstić information content (AvgIpc) is 3.08. The molecule has 0 atom stereocenters. The fourth-order valence-electron chi connectivity index (χ4n) is 5.90. The average molecular weight is 615 g/mol. The largest absolute Gasteiger partial charge is 0.208 e. The monoisotopic (exact) mass is 613 g/mol. The molecule has 7 aromatic carbocycles. The molecule has 202 valence electrons. The topological polar surface area (TPSA) is 38.7 Å². The highest BCUT2D eigenvalue weighted by Gasteiger charge is 2.17. The van der Waals surface area contributed by atoms with Gasteiger partial charge in [-0.05, 0) is 61.6 Å². The lowest BCUT2D eigenvalue weighted by Crippen LogP contribution is -2.01. The van der Waals surface area contributed by atoms with Gasteiger partial charge in [0.15, 0.2) is 17.5 Å². The van der Waals surface area contributed by atoms with Crippen LogP contribution in [0.3, 0.4) is 0 Å². The smallest absolute Gasteiger partial charge is 0.164 e. The summed E-state index contributed by atoms with van der Waals surface area (Å²) in [5, 5.41) is 6.99. The molecule has 43 heavy (non-hydrogen) atoms. The van der Waals surface area contributed by atoms with Crippen LogP contribution in [-0.4, -0.2) is 15.0 Å². The summed E-state index contributed by atoms with van der Waals surface area (Å²) in [6.07, 6.45) is 0. The Labute approximate surface area is 257 Å². The van der Waals surface area contributed by atoms with E-state index in [1.807, 2.05) is 30.3 Å². The van der Waals surface area contributed by atoms with Gasteiger partial charge in [0.1, 0.15) is 0 Å².